The first-order valence-electron chi connectivity index (χ1n) is 7.91. The third kappa shape index (κ3) is 3.29. The third-order valence-electron chi connectivity index (χ3n) is 4.27. The standard InChI is InChI=1S/C19H19ClN2O2/c1-12-4-3-5-14(10-12)21-18(23)16-8-9-22(19(16)24)15-7-6-13(2)17(20)11-15/h3-7,10-11,16H,8-9H2,1-2H3,(H,21,23)/t16-/m1/s1. The van der Waals surface area contributed by atoms with Gasteiger partial charge in [-0.25, -0.2) is 0 Å². The minimum absolute atomic E-state index is 0.180. The van der Waals surface area contributed by atoms with Crippen molar-refractivity contribution in [3.05, 3.63) is 58.6 Å². The molecule has 3 rings (SSSR count). The summed E-state index contributed by atoms with van der Waals surface area (Å²) >= 11 is 6.14. The predicted octanol–water partition coefficient (Wildman–Crippen LogP) is 3.95. The van der Waals surface area contributed by atoms with Crippen molar-refractivity contribution < 1.29 is 9.59 Å². The number of benzene rings is 2. The Hall–Kier alpha value is -2.33. The lowest BCUT2D eigenvalue weighted by atomic mass is 10.1. The van der Waals surface area contributed by atoms with Gasteiger partial charge in [0.2, 0.25) is 11.8 Å². The Morgan fingerprint density at radius 1 is 1.21 bits per heavy atom. The highest BCUT2D eigenvalue weighted by Gasteiger charge is 2.37. The number of amides is 2. The topological polar surface area (TPSA) is 49.4 Å². The van der Waals surface area contributed by atoms with Crippen LogP contribution in [0.15, 0.2) is 42.5 Å². The van der Waals surface area contributed by atoms with E-state index < -0.39 is 5.92 Å². The number of aryl methyl sites for hydroxylation is 2. The number of hydrogen-bond donors (Lipinski definition) is 1. The van der Waals surface area contributed by atoms with Crippen LogP contribution < -0.4 is 10.2 Å². The lowest BCUT2D eigenvalue weighted by Crippen LogP contribution is -2.33. The molecule has 4 nitrogen and oxygen atoms in total. The second kappa shape index (κ2) is 6.65. The molecule has 1 aliphatic rings. The van der Waals surface area contributed by atoms with Gasteiger partial charge in [-0.05, 0) is 55.7 Å². The highest BCUT2D eigenvalue weighted by Crippen LogP contribution is 2.29. The molecule has 0 aliphatic carbocycles. The van der Waals surface area contributed by atoms with Crippen LogP contribution in [0.1, 0.15) is 17.5 Å². The van der Waals surface area contributed by atoms with Gasteiger partial charge >= 0.3 is 0 Å². The van der Waals surface area contributed by atoms with Crippen LogP contribution in [0.2, 0.25) is 5.02 Å². The molecule has 0 spiro atoms. The normalized spacial score (nSPS) is 17.2. The van der Waals surface area contributed by atoms with E-state index in [4.69, 9.17) is 11.6 Å². The van der Waals surface area contributed by atoms with Gasteiger partial charge in [-0.15, -0.1) is 0 Å². The van der Waals surface area contributed by atoms with Crippen molar-refractivity contribution in [3.8, 4) is 0 Å². The fraction of sp³-hybridized carbons (Fsp3) is 0.263. The highest BCUT2D eigenvalue weighted by molar-refractivity contribution is 6.31. The fourth-order valence-electron chi connectivity index (χ4n) is 2.88. The number of carbonyl (C=O) groups excluding carboxylic acids is 2. The minimum atomic E-state index is -0.661. The molecule has 1 N–H and O–H groups in total. The van der Waals surface area contributed by atoms with Gasteiger partial charge in [0.15, 0.2) is 0 Å². The highest BCUT2D eigenvalue weighted by atomic mass is 35.5. The van der Waals surface area contributed by atoms with Gasteiger partial charge in [-0.2, -0.15) is 0 Å². The van der Waals surface area contributed by atoms with E-state index in [1.807, 2.05) is 50.2 Å². The number of rotatable bonds is 3. The largest absolute Gasteiger partial charge is 0.325 e. The molecule has 1 fully saturated rings. The van der Waals surface area contributed by atoms with Gasteiger partial charge in [0, 0.05) is 22.9 Å². The van der Waals surface area contributed by atoms with Crippen LogP contribution >= 0.6 is 11.6 Å². The monoisotopic (exact) mass is 342 g/mol. The third-order valence-corrected chi connectivity index (χ3v) is 4.68. The van der Waals surface area contributed by atoms with E-state index >= 15 is 0 Å². The molecule has 1 atom stereocenters. The maximum absolute atomic E-state index is 12.6. The van der Waals surface area contributed by atoms with E-state index in [0.29, 0.717) is 23.7 Å². The fourth-order valence-corrected chi connectivity index (χ4v) is 3.06. The van der Waals surface area contributed by atoms with Crippen molar-refractivity contribution in [2.45, 2.75) is 20.3 Å². The SMILES string of the molecule is Cc1cccc(NC(=O)[C@H]2CCN(c3ccc(C)c(Cl)c3)C2=O)c1. The molecule has 124 valence electrons. The Balaban J connectivity index is 1.73. The molecule has 0 radical (unpaired) electrons. The number of nitrogens with zero attached hydrogens (tertiary/aromatic N) is 1. The summed E-state index contributed by atoms with van der Waals surface area (Å²) in [4.78, 5) is 26.7. The van der Waals surface area contributed by atoms with Crippen LogP contribution in [0.25, 0.3) is 0 Å². The lowest BCUT2D eigenvalue weighted by Gasteiger charge is -2.17. The van der Waals surface area contributed by atoms with Gasteiger partial charge in [0.1, 0.15) is 5.92 Å². The maximum Gasteiger partial charge on any atom is 0.239 e. The second-order valence-electron chi connectivity index (χ2n) is 6.12. The smallest absolute Gasteiger partial charge is 0.239 e. The molecule has 1 saturated heterocycles. The summed E-state index contributed by atoms with van der Waals surface area (Å²) in [6, 6.07) is 13.1. The molecule has 2 amide bonds. The zero-order valence-corrected chi connectivity index (χ0v) is 14.4. The molecule has 2 aromatic carbocycles. The van der Waals surface area contributed by atoms with Gasteiger partial charge in [-0.1, -0.05) is 29.8 Å². The molecular formula is C19H19ClN2O2. The van der Waals surface area contributed by atoms with E-state index in [9.17, 15) is 9.59 Å². The van der Waals surface area contributed by atoms with Crippen molar-refractivity contribution in [3.63, 3.8) is 0 Å². The average Bonchev–Trinajstić information content (AvgIpc) is 2.92. The van der Waals surface area contributed by atoms with Gasteiger partial charge in [-0.3, -0.25) is 9.59 Å². The molecule has 0 unspecified atom stereocenters. The first-order valence-corrected chi connectivity index (χ1v) is 8.28. The van der Waals surface area contributed by atoms with Crippen molar-refractivity contribution in [2.24, 2.45) is 5.92 Å². The Kier molecular flexibility index (Phi) is 4.58. The quantitative estimate of drug-likeness (QED) is 0.859. The molecule has 5 heteroatoms. The van der Waals surface area contributed by atoms with Crippen LogP contribution in [0.5, 0.6) is 0 Å². The summed E-state index contributed by atoms with van der Waals surface area (Å²) in [5.41, 5.74) is 3.47. The molecule has 24 heavy (non-hydrogen) atoms. The van der Waals surface area contributed by atoms with Crippen molar-refractivity contribution in [1.29, 1.82) is 0 Å². The maximum atomic E-state index is 12.6. The molecule has 0 bridgehead atoms. The Labute approximate surface area is 146 Å². The summed E-state index contributed by atoms with van der Waals surface area (Å²) in [7, 11) is 0. The summed E-state index contributed by atoms with van der Waals surface area (Å²) in [5, 5.41) is 3.45. The Morgan fingerprint density at radius 3 is 2.71 bits per heavy atom. The van der Waals surface area contributed by atoms with Crippen molar-refractivity contribution >= 4 is 34.8 Å². The molecule has 1 heterocycles. The summed E-state index contributed by atoms with van der Waals surface area (Å²) in [6.07, 6.45) is 0.502. The van der Waals surface area contributed by atoms with Crippen LogP contribution in [0.4, 0.5) is 11.4 Å². The van der Waals surface area contributed by atoms with Crippen molar-refractivity contribution in [1.82, 2.24) is 0 Å². The van der Waals surface area contributed by atoms with Crippen molar-refractivity contribution in [2.75, 3.05) is 16.8 Å². The lowest BCUT2D eigenvalue weighted by molar-refractivity contribution is -0.129. The molecule has 0 aromatic heterocycles. The van der Waals surface area contributed by atoms with E-state index in [-0.39, 0.29) is 11.8 Å². The van der Waals surface area contributed by atoms with E-state index in [1.165, 1.54) is 0 Å². The Bertz CT molecular complexity index is 804. The second-order valence-corrected chi connectivity index (χ2v) is 6.53. The minimum Gasteiger partial charge on any atom is -0.325 e. The molecular weight excluding hydrogens is 324 g/mol. The number of nitrogens with one attached hydrogen (secondary N) is 1. The first kappa shape index (κ1) is 16.5. The molecule has 0 saturated carbocycles. The van der Waals surface area contributed by atoms with Crippen LogP contribution in [-0.4, -0.2) is 18.4 Å². The molecule has 1 aliphatic heterocycles. The van der Waals surface area contributed by atoms with Gasteiger partial charge in [0.25, 0.3) is 0 Å². The van der Waals surface area contributed by atoms with E-state index in [2.05, 4.69) is 5.32 Å². The van der Waals surface area contributed by atoms with Crippen LogP contribution in [0, 0.1) is 19.8 Å². The number of anilines is 2. The van der Waals surface area contributed by atoms with Crippen LogP contribution in [-0.2, 0) is 9.59 Å². The number of carbonyl (C=O) groups is 2. The Morgan fingerprint density at radius 2 is 2.00 bits per heavy atom. The summed E-state index contributed by atoms with van der Waals surface area (Å²) in [5.74, 6) is -1.10. The number of hydrogen-bond acceptors (Lipinski definition) is 2. The molecule has 2 aromatic rings. The van der Waals surface area contributed by atoms with Gasteiger partial charge < -0.3 is 10.2 Å². The first-order chi connectivity index (χ1) is 11.5. The van der Waals surface area contributed by atoms with E-state index in [0.717, 1.165) is 16.8 Å². The van der Waals surface area contributed by atoms with Crippen LogP contribution in [0.3, 0.4) is 0 Å². The zero-order valence-electron chi connectivity index (χ0n) is 13.7. The summed E-state index contributed by atoms with van der Waals surface area (Å²) < 4.78 is 0. The summed E-state index contributed by atoms with van der Waals surface area (Å²) in [6.45, 7) is 4.39. The number of halogens is 1. The predicted molar refractivity (Wildman–Crippen MR) is 96.5 cm³/mol. The average molecular weight is 343 g/mol. The zero-order chi connectivity index (χ0) is 17.3. The van der Waals surface area contributed by atoms with E-state index in [1.54, 1.807) is 11.0 Å². The van der Waals surface area contributed by atoms with Gasteiger partial charge in [0.05, 0.1) is 0 Å².